The van der Waals surface area contributed by atoms with Crippen LogP contribution in [0.25, 0.3) is 10.8 Å². The lowest BCUT2D eigenvalue weighted by atomic mass is 10.1. The zero-order chi connectivity index (χ0) is 23.5. The molecule has 1 N–H and O–H groups in total. The lowest BCUT2D eigenvalue weighted by Crippen LogP contribution is -2.29. The maximum Gasteiger partial charge on any atom is 0.291 e. The van der Waals surface area contributed by atoms with Crippen molar-refractivity contribution in [3.63, 3.8) is 0 Å². The summed E-state index contributed by atoms with van der Waals surface area (Å²) < 4.78 is 11.6. The number of aryl methyl sites for hydroxylation is 1. The van der Waals surface area contributed by atoms with E-state index in [0.29, 0.717) is 17.0 Å². The second kappa shape index (κ2) is 9.43. The first-order valence-electron chi connectivity index (χ1n) is 11.5. The molecular formula is C28H26N2O4. The average molecular weight is 455 g/mol. The van der Waals surface area contributed by atoms with Crippen LogP contribution >= 0.6 is 0 Å². The zero-order valence-electron chi connectivity index (χ0n) is 19.0. The first-order valence-corrected chi connectivity index (χ1v) is 11.5. The summed E-state index contributed by atoms with van der Waals surface area (Å²) in [7, 11) is 0. The van der Waals surface area contributed by atoms with Crippen LogP contribution in [0.1, 0.15) is 45.1 Å². The van der Waals surface area contributed by atoms with Crippen molar-refractivity contribution in [3.8, 4) is 5.75 Å². The Labute approximate surface area is 198 Å². The van der Waals surface area contributed by atoms with Gasteiger partial charge < -0.3 is 19.4 Å². The second-order valence-corrected chi connectivity index (χ2v) is 8.51. The topological polar surface area (TPSA) is 71.8 Å². The third-order valence-corrected chi connectivity index (χ3v) is 6.12. The minimum Gasteiger partial charge on any atom is -0.486 e. The number of hydrogen-bond acceptors (Lipinski definition) is 4. The van der Waals surface area contributed by atoms with E-state index in [1.807, 2.05) is 60.4 Å². The van der Waals surface area contributed by atoms with E-state index in [4.69, 9.17) is 9.15 Å². The number of para-hydroxylation sites is 1. The Balaban J connectivity index is 1.27. The molecule has 0 radical (unpaired) electrons. The zero-order valence-corrected chi connectivity index (χ0v) is 19.0. The van der Waals surface area contributed by atoms with Gasteiger partial charge in [-0.1, -0.05) is 42.5 Å². The van der Waals surface area contributed by atoms with Crippen molar-refractivity contribution in [2.24, 2.45) is 0 Å². The lowest BCUT2D eigenvalue weighted by Gasteiger charge is -2.19. The van der Waals surface area contributed by atoms with Gasteiger partial charge in [0.1, 0.15) is 18.1 Å². The van der Waals surface area contributed by atoms with Gasteiger partial charge in [0.25, 0.3) is 11.8 Å². The van der Waals surface area contributed by atoms with Gasteiger partial charge in [0, 0.05) is 13.1 Å². The summed E-state index contributed by atoms with van der Waals surface area (Å²) in [4.78, 5) is 27.7. The van der Waals surface area contributed by atoms with Gasteiger partial charge in [-0.2, -0.15) is 0 Å². The first-order chi connectivity index (χ1) is 16.6. The number of benzene rings is 3. The fourth-order valence-electron chi connectivity index (χ4n) is 4.27. The Bertz CT molecular complexity index is 1350. The van der Waals surface area contributed by atoms with E-state index in [1.54, 1.807) is 18.2 Å². The molecular weight excluding hydrogens is 428 g/mol. The molecule has 2 amide bonds. The Hall–Kier alpha value is -4.06. The highest BCUT2D eigenvalue weighted by atomic mass is 16.5. The number of anilines is 1. The number of nitrogens with one attached hydrogen (secondary N) is 1. The molecule has 34 heavy (non-hydrogen) atoms. The molecule has 1 saturated heterocycles. The van der Waals surface area contributed by atoms with Gasteiger partial charge in [-0.3, -0.25) is 9.59 Å². The normalized spacial score (nSPS) is 13.3. The van der Waals surface area contributed by atoms with Gasteiger partial charge >= 0.3 is 0 Å². The number of fused-ring (bicyclic) bond motifs is 1. The highest BCUT2D eigenvalue weighted by molar-refractivity contribution is 6.08. The molecule has 0 spiro atoms. The second-order valence-electron chi connectivity index (χ2n) is 8.51. The Morgan fingerprint density at radius 1 is 0.941 bits per heavy atom. The number of amides is 2. The highest BCUT2D eigenvalue weighted by Crippen LogP contribution is 2.25. The van der Waals surface area contributed by atoms with Crippen molar-refractivity contribution in [3.05, 3.63) is 95.4 Å². The summed E-state index contributed by atoms with van der Waals surface area (Å²) in [5, 5.41) is 5.12. The van der Waals surface area contributed by atoms with Gasteiger partial charge in [-0.05, 0) is 66.4 Å². The van der Waals surface area contributed by atoms with Crippen LogP contribution in [0.2, 0.25) is 0 Å². The molecule has 1 aliphatic rings. The predicted octanol–water partition coefficient (Wildman–Crippen LogP) is 5.81. The van der Waals surface area contributed by atoms with Gasteiger partial charge in [0.15, 0.2) is 5.76 Å². The van der Waals surface area contributed by atoms with Crippen molar-refractivity contribution in [1.29, 1.82) is 0 Å². The van der Waals surface area contributed by atoms with Gasteiger partial charge in [-0.15, -0.1) is 0 Å². The standard InChI is InChI=1S/C28H26N2O4/c1-19-7-6-10-24(28(32)30-15-4-5-16-30)26(19)29-27(31)25-14-13-23(34-25)18-33-22-12-11-20-8-2-3-9-21(20)17-22/h2-3,6-14,17H,4-5,15-16,18H2,1H3,(H,29,31). The molecule has 6 nitrogen and oxygen atoms in total. The minimum absolute atomic E-state index is 0.0552. The fourth-order valence-corrected chi connectivity index (χ4v) is 4.27. The molecule has 0 bridgehead atoms. The maximum absolute atomic E-state index is 13.0. The summed E-state index contributed by atoms with van der Waals surface area (Å²) >= 11 is 0. The highest BCUT2D eigenvalue weighted by Gasteiger charge is 2.24. The SMILES string of the molecule is Cc1cccc(C(=O)N2CCCC2)c1NC(=O)c1ccc(COc2ccc3ccccc3c2)o1. The molecule has 0 saturated carbocycles. The van der Waals surface area contributed by atoms with Crippen LogP contribution in [-0.4, -0.2) is 29.8 Å². The molecule has 0 aliphatic carbocycles. The molecule has 0 unspecified atom stereocenters. The maximum atomic E-state index is 13.0. The summed E-state index contributed by atoms with van der Waals surface area (Å²) in [6.45, 7) is 3.58. The number of likely N-dealkylation sites (tertiary alicyclic amines) is 1. The van der Waals surface area contributed by atoms with Crippen LogP contribution in [0.4, 0.5) is 5.69 Å². The number of hydrogen-bond donors (Lipinski definition) is 1. The molecule has 3 aromatic carbocycles. The number of ether oxygens (including phenoxy) is 1. The Kier molecular flexibility index (Phi) is 6.04. The van der Waals surface area contributed by atoms with Crippen molar-refractivity contribution in [1.82, 2.24) is 4.90 Å². The molecule has 172 valence electrons. The summed E-state index contributed by atoms with van der Waals surface area (Å²) in [5.41, 5.74) is 1.85. The molecule has 4 aromatic rings. The quantitative estimate of drug-likeness (QED) is 0.399. The van der Waals surface area contributed by atoms with E-state index in [-0.39, 0.29) is 18.3 Å². The monoisotopic (exact) mass is 454 g/mol. The molecule has 5 rings (SSSR count). The summed E-state index contributed by atoms with van der Waals surface area (Å²) in [6.07, 6.45) is 2.02. The van der Waals surface area contributed by atoms with Crippen molar-refractivity contribution >= 4 is 28.3 Å². The average Bonchev–Trinajstić information content (AvgIpc) is 3.56. The van der Waals surface area contributed by atoms with Crippen LogP contribution in [0, 0.1) is 6.92 Å². The summed E-state index contributed by atoms with van der Waals surface area (Å²) in [6, 6.07) is 22.8. The van der Waals surface area contributed by atoms with E-state index in [1.165, 1.54) is 0 Å². The van der Waals surface area contributed by atoms with Crippen LogP contribution in [0.3, 0.4) is 0 Å². The molecule has 1 fully saturated rings. The largest absolute Gasteiger partial charge is 0.486 e. The first kappa shape index (κ1) is 21.8. The lowest BCUT2D eigenvalue weighted by molar-refractivity contribution is 0.0793. The van der Waals surface area contributed by atoms with Crippen LogP contribution in [0.5, 0.6) is 5.75 Å². The fraction of sp³-hybridized carbons (Fsp3) is 0.214. The van der Waals surface area contributed by atoms with Crippen LogP contribution in [0.15, 0.2) is 77.2 Å². The molecule has 0 atom stereocenters. The number of carbonyl (C=O) groups is 2. The van der Waals surface area contributed by atoms with Crippen LogP contribution < -0.4 is 10.1 Å². The van der Waals surface area contributed by atoms with Crippen molar-refractivity contribution < 1.29 is 18.7 Å². The summed E-state index contributed by atoms with van der Waals surface area (Å²) in [5.74, 6) is 0.976. The van der Waals surface area contributed by atoms with Crippen LogP contribution in [-0.2, 0) is 6.61 Å². The number of carbonyl (C=O) groups excluding carboxylic acids is 2. The van der Waals surface area contributed by atoms with E-state index >= 15 is 0 Å². The van der Waals surface area contributed by atoms with E-state index in [2.05, 4.69) is 11.4 Å². The van der Waals surface area contributed by atoms with Crippen molar-refractivity contribution in [2.45, 2.75) is 26.4 Å². The predicted molar refractivity (Wildman–Crippen MR) is 131 cm³/mol. The Morgan fingerprint density at radius 2 is 1.74 bits per heavy atom. The molecule has 1 aliphatic heterocycles. The molecule has 1 aromatic heterocycles. The number of rotatable bonds is 6. The van der Waals surface area contributed by atoms with Gasteiger partial charge in [-0.25, -0.2) is 0 Å². The van der Waals surface area contributed by atoms with E-state index in [0.717, 1.165) is 48.0 Å². The van der Waals surface area contributed by atoms with Gasteiger partial charge in [0.05, 0.1) is 11.3 Å². The third-order valence-electron chi connectivity index (χ3n) is 6.12. The number of nitrogens with zero attached hydrogens (tertiary/aromatic N) is 1. The van der Waals surface area contributed by atoms with Gasteiger partial charge in [0.2, 0.25) is 0 Å². The van der Waals surface area contributed by atoms with E-state index in [9.17, 15) is 9.59 Å². The number of furan rings is 1. The molecule has 6 heteroatoms. The van der Waals surface area contributed by atoms with Crippen molar-refractivity contribution in [2.75, 3.05) is 18.4 Å². The smallest absolute Gasteiger partial charge is 0.291 e. The minimum atomic E-state index is -0.401. The Morgan fingerprint density at radius 3 is 2.56 bits per heavy atom. The molecule has 2 heterocycles. The third kappa shape index (κ3) is 4.53. The van der Waals surface area contributed by atoms with E-state index < -0.39 is 5.91 Å².